The molecule has 0 fully saturated rings. The van der Waals surface area contributed by atoms with Gasteiger partial charge in [-0.3, -0.25) is 9.59 Å². The molecule has 37 heavy (non-hydrogen) atoms. The Morgan fingerprint density at radius 3 is 2.35 bits per heavy atom. The molecule has 3 aromatic rings. The number of halogens is 1. The van der Waals surface area contributed by atoms with Crippen molar-refractivity contribution in [2.45, 2.75) is 13.8 Å². The first-order valence-corrected chi connectivity index (χ1v) is 12.2. The Morgan fingerprint density at radius 1 is 1.00 bits per heavy atom. The summed E-state index contributed by atoms with van der Waals surface area (Å²) in [6.45, 7) is 6.08. The summed E-state index contributed by atoms with van der Waals surface area (Å²) >= 11 is 6.27. The molecular weight excluding hydrogens is 492 g/mol. The molecule has 4 rings (SSSR count). The fraction of sp³-hybridized carbons (Fsp3) is 0.179. The molecule has 0 saturated carbocycles. The smallest absolute Gasteiger partial charge is 0.287 e. The molecule has 0 aromatic heterocycles. The largest absolute Gasteiger partial charge is 0.454 e. The molecule has 0 unspecified atom stereocenters. The molecule has 2 amide bonds. The van der Waals surface area contributed by atoms with Gasteiger partial charge in [-0.2, -0.15) is 5.10 Å². The Labute approximate surface area is 220 Å². The van der Waals surface area contributed by atoms with Crippen LogP contribution in [0.1, 0.15) is 35.3 Å². The van der Waals surface area contributed by atoms with E-state index in [2.05, 4.69) is 34.6 Å². The third-order valence-electron chi connectivity index (χ3n) is 5.72. The maximum absolute atomic E-state index is 13.1. The van der Waals surface area contributed by atoms with Crippen LogP contribution < -0.4 is 25.1 Å². The van der Waals surface area contributed by atoms with Crippen LogP contribution in [0.5, 0.6) is 11.5 Å². The number of amides is 2. The molecule has 1 aliphatic heterocycles. The van der Waals surface area contributed by atoms with Crippen LogP contribution in [-0.2, 0) is 4.79 Å². The van der Waals surface area contributed by atoms with Gasteiger partial charge in [0.25, 0.3) is 11.8 Å². The zero-order valence-corrected chi connectivity index (χ0v) is 21.3. The van der Waals surface area contributed by atoms with Gasteiger partial charge in [0.1, 0.15) is 5.70 Å². The topological polar surface area (TPSA) is 92.3 Å². The van der Waals surface area contributed by atoms with Crippen LogP contribution >= 0.6 is 11.6 Å². The lowest BCUT2D eigenvalue weighted by atomic mass is 10.1. The third-order valence-corrected chi connectivity index (χ3v) is 6.05. The predicted molar refractivity (Wildman–Crippen MR) is 145 cm³/mol. The van der Waals surface area contributed by atoms with Crippen molar-refractivity contribution in [2.24, 2.45) is 5.10 Å². The van der Waals surface area contributed by atoms with Crippen LogP contribution in [0, 0.1) is 0 Å². The summed E-state index contributed by atoms with van der Waals surface area (Å²) in [5.41, 5.74) is 5.29. The molecule has 0 bridgehead atoms. The molecule has 190 valence electrons. The van der Waals surface area contributed by atoms with Crippen LogP contribution in [0.2, 0.25) is 5.02 Å². The minimum absolute atomic E-state index is 0.0402. The molecule has 3 aromatic carbocycles. The van der Waals surface area contributed by atoms with E-state index in [1.54, 1.807) is 42.5 Å². The number of benzene rings is 3. The second-order valence-corrected chi connectivity index (χ2v) is 8.48. The molecule has 8 nitrogen and oxygen atoms in total. The molecule has 0 atom stereocenters. The number of carbonyl (C=O) groups excluding carboxylic acids is 2. The highest BCUT2D eigenvalue weighted by atomic mass is 35.5. The van der Waals surface area contributed by atoms with Crippen LogP contribution in [-0.4, -0.2) is 37.9 Å². The first kappa shape index (κ1) is 25.8. The molecule has 0 saturated heterocycles. The summed E-state index contributed by atoms with van der Waals surface area (Å²) in [4.78, 5) is 28.1. The van der Waals surface area contributed by atoms with Crippen LogP contribution in [0.15, 0.2) is 77.5 Å². The SMILES string of the molecule is CCN(CC)c1ccc(/C=C(\NC(=O)c2ccccc2)C(=O)NN=Cc2cc3c(cc2Cl)OCO3)cc1. The van der Waals surface area contributed by atoms with E-state index in [-0.39, 0.29) is 12.5 Å². The fourth-order valence-electron chi connectivity index (χ4n) is 3.73. The Bertz CT molecular complexity index is 1320. The van der Waals surface area contributed by atoms with E-state index in [9.17, 15) is 9.59 Å². The lowest BCUT2D eigenvalue weighted by molar-refractivity contribution is -0.117. The normalized spacial score (nSPS) is 12.5. The minimum Gasteiger partial charge on any atom is -0.454 e. The number of hydrogen-bond donors (Lipinski definition) is 2. The quantitative estimate of drug-likeness (QED) is 0.240. The van der Waals surface area contributed by atoms with E-state index in [0.717, 1.165) is 24.3 Å². The first-order chi connectivity index (χ1) is 18.0. The van der Waals surface area contributed by atoms with Gasteiger partial charge in [0, 0.05) is 36.0 Å². The zero-order chi connectivity index (χ0) is 26.2. The maximum atomic E-state index is 13.1. The highest BCUT2D eigenvalue weighted by molar-refractivity contribution is 6.33. The molecule has 2 N–H and O–H groups in total. The maximum Gasteiger partial charge on any atom is 0.287 e. The summed E-state index contributed by atoms with van der Waals surface area (Å²) in [6.07, 6.45) is 3.00. The van der Waals surface area contributed by atoms with Gasteiger partial charge in [-0.25, -0.2) is 5.43 Å². The zero-order valence-electron chi connectivity index (χ0n) is 20.5. The number of ether oxygens (including phenoxy) is 2. The van der Waals surface area contributed by atoms with Crippen molar-refractivity contribution >= 4 is 41.4 Å². The molecule has 9 heteroatoms. The van der Waals surface area contributed by atoms with Gasteiger partial charge in [-0.05, 0) is 55.8 Å². The highest BCUT2D eigenvalue weighted by Gasteiger charge is 2.17. The summed E-state index contributed by atoms with van der Waals surface area (Å²) in [5.74, 6) is 0.0860. The van der Waals surface area contributed by atoms with E-state index in [4.69, 9.17) is 21.1 Å². The van der Waals surface area contributed by atoms with Crippen molar-refractivity contribution in [3.63, 3.8) is 0 Å². The Morgan fingerprint density at radius 2 is 1.68 bits per heavy atom. The lowest BCUT2D eigenvalue weighted by Gasteiger charge is -2.20. The Balaban J connectivity index is 1.54. The van der Waals surface area contributed by atoms with Crippen molar-refractivity contribution in [3.8, 4) is 11.5 Å². The Hall–Kier alpha value is -4.30. The van der Waals surface area contributed by atoms with Crippen molar-refractivity contribution in [1.29, 1.82) is 0 Å². The van der Waals surface area contributed by atoms with Gasteiger partial charge < -0.3 is 19.7 Å². The number of rotatable bonds is 9. The number of nitrogens with zero attached hydrogens (tertiary/aromatic N) is 2. The summed E-state index contributed by atoms with van der Waals surface area (Å²) in [6, 6.07) is 19.7. The van der Waals surface area contributed by atoms with Crippen LogP contribution in [0.3, 0.4) is 0 Å². The van der Waals surface area contributed by atoms with Gasteiger partial charge in [0.05, 0.1) is 11.2 Å². The van der Waals surface area contributed by atoms with Gasteiger partial charge in [-0.1, -0.05) is 41.9 Å². The third kappa shape index (κ3) is 6.48. The average molecular weight is 519 g/mol. The van der Waals surface area contributed by atoms with E-state index in [0.29, 0.717) is 27.6 Å². The summed E-state index contributed by atoms with van der Waals surface area (Å²) in [5, 5.41) is 7.12. The monoisotopic (exact) mass is 518 g/mol. The molecule has 0 radical (unpaired) electrons. The summed E-state index contributed by atoms with van der Waals surface area (Å²) in [7, 11) is 0. The number of hydrazone groups is 1. The van der Waals surface area contributed by atoms with E-state index < -0.39 is 11.8 Å². The van der Waals surface area contributed by atoms with E-state index in [1.807, 2.05) is 30.3 Å². The van der Waals surface area contributed by atoms with Crippen molar-refractivity contribution in [3.05, 3.63) is 94.1 Å². The summed E-state index contributed by atoms with van der Waals surface area (Å²) < 4.78 is 10.7. The van der Waals surface area contributed by atoms with E-state index >= 15 is 0 Å². The number of carbonyl (C=O) groups is 2. The minimum atomic E-state index is -0.592. The number of fused-ring (bicyclic) bond motifs is 1. The van der Waals surface area contributed by atoms with Crippen molar-refractivity contribution < 1.29 is 19.1 Å². The molecule has 1 aliphatic rings. The fourth-order valence-corrected chi connectivity index (χ4v) is 3.93. The molecule has 0 aliphatic carbocycles. The molecule has 0 spiro atoms. The first-order valence-electron chi connectivity index (χ1n) is 11.8. The van der Waals surface area contributed by atoms with Crippen molar-refractivity contribution in [1.82, 2.24) is 10.7 Å². The number of nitrogens with one attached hydrogen (secondary N) is 2. The highest BCUT2D eigenvalue weighted by Crippen LogP contribution is 2.36. The van der Waals surface area contributed by atoms with Gasteiger partial charge in [0.15, 0.2) is 11.5 Å². The van der Waals surface area contributed by atoms with E-state index in [1.165, 1.54) is 6.21 Å². The van der Waals surface area contributed by atoms with Gasteiger partial charge >= 0.3 is 0 Å². The second-order valence-electron chi connectivity index (χ2n) is 8.07. The number of anilines is 1. The number of hydrogen-bond acceptors (Lipinski definition) is 6. The lowest BCUT2D eigenvalue weighted by Crippen LogP contribution is -2.32. The van der Waals surface area contributed by atoms with Crippen LogP contribution in [0.4, 0.5) is 5.69 Å². The van der Waals surface area contributed by atoms with Gasteiger partial charge in [-0.15, -0.1) is 0 Å². The Kier molecular flexibility index (Phi) is 8.43. The predicted octanol–water partition coefficient (Wildman–Crippen LogP) is 4.84. The molecular formula is C28H27ClN4O4. The standard InChI is InChI=1S/C28H27ClN4O4/c1-3-33(4-2)22-12-10-19(11-13-22)14-24(31-27(34)20-8-6-5-7-9-20)28(35)32-30-17-21-15-25-26(16-23(21)29)37-18-36-25/h5-17H,3-4,18H2,1-2H3,(H,31,34)(H,32,35)/b24-14-,30-17?. The molecule has 1 heterocycles. The van der Waals surface area contributed by atoms with Crippen molar-refractivity contribution in [2.75, 3.05) is 24.8 Å². The van der Waals surface area contributed by atoms with Crippen LogP contribution in [0.25, 0.3) is 6.08 Å². The second kappa shape index (κ2) is 12.1. The average Bonchev–Trinajstić information content (AvgIpc) is 3.37. The van der Waals surface area contributed by atoms with Gasteiger partial charge in [0.2, 0.25) is 6.79 Å².